The number of hydrogen-bond acceptors (Lipinski definition) is 10. The summed E-state index contributed by atoms with van der Waals surface area (Å²) in [7, 11) is 0. The molecule has 10 N–H and O–H groups in total. The molecule has 254 valence electrons. The summed E-state index contributed by atoms with van der Waals surface area (Å²) < 4.78 is 0. The number of hydrogen-bond donors (Lipinski definition) is 9. The van der Waals surface area contributed by atoms with Crippen LogP contribution in [0.4, 0.5) is 0 Å². The standard InChI is InChI=1S/C31H39N5O11/c32-21(14-17-3-7-19(38)8-4-17)27(42)33-22(11-12-26(40)41)28(43)34-23(15-18-5-9-20(39)10-6-18)30(45)36-13-1-2-25(36)29(44)35-24(16-37)31(46)47/h3-10,21-25,37-39H,1-2,11-16,32H2,(H,33,42)(H,34,43)(H,35,44)(H,40,41)(H,46,47). The smallest absolute Gasteiger partial charge is 0.328 e. The van der Waals surface area contributed by atoms with E-state index in [1.165, 1.54) is 41.3 Å². The first-order valence-corrected chi connectivity index (χ1v) is 14.9. The average molecular weight is 658 g/mol. The largest absolute Gasteiger partial charge is 0.508 e. The number of nitrogens with two attached hydrogens (primary N) is 1. The Bertz CT molecular complexity index is 1430. The van der Waals surface area contributed by atoms with Gasteiger partial charge in [-0.05, 0) is 61.1 Å². The Morgan fingerprint density at radius 2 is 1.34 bits per heavy atom. The highest BCUT2D eigenvalue weighted by Gasteiger charge is 2.39. The van der Waals surface area contributed by atoms with E-state index in [2.05, 4.69) is 16.0 Å². The van der Waals surface area contributed by atoms with Crippen LogP contribution in [0, 0.1) is 0 Å². The minimum atomic E-state index is -1.59. The van der Waals surface area contributed by atoms with Crippen molar-refractivity contribution in [3.05, 3.63) is 59.7 Å². The van der Waals surface area contributed by atoms with E-state index in [-0.39, 0.29) is 43.7 Å². The number of phenolic OH excluding ortho intramolecular Hbond substituents is 2. The summed E-state index contributed by atoms with van der Waals surface area (Å²) in [6.07, 6.45) is -0.359. The summed E-state index contributed by atoms with van der Waals surface area (Å²) in [6, 6.07) is 5.15. The molecule has 0 bridgehead atoms. The number of aliphatic hydroxyl groups excluding tert-OH is 1. The third-order valence-electron chi connectivity index (χ3n) is 7.64. The topological polar surface area (TPSA) is 269 Å². The number of aliphatic hydroxyl groups is 1. The number of likely N-dealkylation sites (tertiary alicyclic amines) is 1. The van der Waals surface area contributed by atoms with Gasteiger partial charge in [-0.1, -0.05) is 24.3 Å². The zero-order chi connectivity index (χ0) is 34.7. The molecule has 5 unspecified atom stereocenters. The molecule has 0 aliphatic carbocycles. The van der Waals surface area contributed by atoms with E-state index < -0.39 is 78.8 Å². The maximum absolute atomic E-state index is 13.9. The number of amides is 4. The van der Waals surface area contributed by atoms with Crippen LogP contribution in [-0.4, -0.2) is 109 Å². The number of carbonyl (C=O) groups is 6. The van der Waals surface area contributed by atoms with Crippen LogP contribution in [0.15, 0.2) is 48.5 Å². The SMILES string of the molecule is NC(Cc1ccc(O)cc1)C(=O)NC(CCC(=O)O)C(=O)NC(Cc1ccc(O)cc1)C(=O)N1CCCC1C(=O)NC(CO)C(=O)O. The molecule has 1 aliphatic rings. The highest BCUT2D eigenvalue weighted by atomic mass is 16.4. The first-order chi connectivity index (χ1) is 22.3. The van der Waals surface area contributed by atoms with Crippen LogP contribution >= 0.6 is 0 Å². The molecule has 1 saturated heterocycles. The lowest BCUT2D eigenvalue weighted by atomic mass is 10.0. The van der Waals surface area contributed by atoms with Crippen molar-refractivity contribution in [3.63, 3.8) is 0 Å². The second-order valence-electron chi connectivity index (χ2n) is 11.2. The molecule has 2 aromatic rings. The van der Waals surface area contributed by atoms with Crippen LogP contribution in [0.1, 0.15) is 36.8 Å². The van der Waals surface area contributed by atoms with Crippen molar-refractivity contribution in [2.45, 2.75) is 68.7 Å². The van der Waals surface area contributed by atoms with Gasteiger partial charge in [0.25, 0.3) is 0 Å². The third-order valence-corrected chi connectivity index (χ3v) is 7.64. The first kappa shape index (κ1) is 36.3. The van der Waals surface area contributed by atoms with Crippen molar-refractivity contribution in [3.8, 4) is 11.5 Å². The third kappa shape index (κ3) is 10.7. The van der Waals surface area contributed by atoms with Gasteiger partial charge < -0.3 is 52.1 Å². The molecule has 47 heavy (non-hydrogen) atoms. The lowest BCUT2D eigenvalue weighted by Crippen LogP contribution is -2.59. The molecule has 1 heterocycles. The normalized spacial score (nSPS) is 16.7. The maximum Gasteiger partial charge on any atom is 0.328 e. The highest BCUT2D eigenvalue weighted by Crippen LogP contribution is 2.21. The fourth-order valence-electron chi connectivity index (χ4n) is 5.09. The molecule has 0 spiro atoms. The van der Waals surface area contributed by atoms with Crippen molar-refractivity contribution >= 4 is 35.6 Å². The van der Waals surface area contributed by atoms with Crippen LogP contribution in [0.2, 0.25) is 0 Å². The molecule has 0 aromatic heterocycles. The molecule has 0 radical (unpaired) electrons. The molecule has 1 aliphatic heterocycles. The fourth-order valence-corrected chi connectivity index (χ4v) is 5.09. The molecule has 3 rings (SSSR count). The van der Waals surface area contributed by atoms with Gasteiger partial charge in [-0.2, -0.15) is 0 Å². The van der Waals surface area contributed by atoms with Gasteiger partial charge in [0.15, 0.2) is 0 Å². The Morgan fingerprint density at radius 3 is 1.87 bits per heavy atom. The Kier molecular flexibility index (Phi) is 13.0. The minimum Gasteiger partial charge on any atom is -0.508 e. The number of nitrogens with one attached hydrogen (secondary N) is 3. The van der Waals surface area contributed by atoms with Crippen LogP contribution in [0.5, 0.6) is 11.5 Å². The summed E-state index contributed by atoms with van der Waals surface area (Å²) in [5.41, 5.74) is 7.18. The zero-order valence-corrected chi connectivity index (χ0v) is 25.4. The molecule has 0 saturated carbocycles. The average Bonchev–Trinajstić information content (AvgIpc) is 3.53. The number of carboxylic acids is 2. The van der Waals surface area contributed by atoms with E-state index in [1.807, 2.05) is 0 Å². The molecule has 4 amide bonds. The second-order valence-corrected chi connectivity index (χ2v) is 11.2. The number of carbonyl (C=O) groups excluding carboxylic acids is 4. The van der Waals surface area contributed by atoms with E-state index in [1.54, 1.807) is 12.1 Å². The van der Waals surface area contributed by atoms with Gasteiger partial charge in [-0.15, -0.1) is 0 Å². The number of benzene rings is 2. The number of aliphatic carboxylic acids is 2. The number of nitrogens with zero attached hydrogens (tertiary/aromatic N) is 1. The summed E-state index contributed by atoms with van der Waals surface area (Å²) in [5.74, 6) is -5.90. The number of rotatable bonds is 16. The maximum atomic E-state index is 13.9. The van der Waals surface area contributed by atoms with Crippen molar-refractivity contribution in [2.75, 3.05) is 13.2 Å². The molecular weight excluding hydrogens is 618 g/mol. The molecule has 2 aromatic carbocycles. The summed E-state index contributed by atoms with van der Waals surface area (Å²) in [5, 5.41) is 54.2. The van der Waals surface area contributed by atoms with E-state index >= 15 is 0 Å². The molecule has 16 nitrogen and oxygen atoms in total. The van der Waals surface area contributed by atoms with Crippen molar-refractivity contribution in [2.24, 2.45) is 5.73 Å². The van der Waals surface area contributed by atoms with Crippen LogP contribution in [0.3, 0.4) is 0 Å². The van der Waals surface area contributed by atoms with E-state index in [0.29, 0.717) is 17.5 Å². The van der Waals surface area contributed by atoms with Crippen molar-refractivity contribution in [1.29, 1.82) is 0 Å². The first-order valence-electron chi connectivity index (χ1n) is 14.9. The number of carboxylic acid groups (broad SMARTS) is 2. The minimum absolute atomic E-state index is 0.0177. The molecule has 1 fully saturated rings. The summed E-state index contributed by atoms with van der Waals surface area (Å²) >= 11 is 0. The Hall–Kier alpha value is -5.22. The lowest BCUT2D eigenvalue weighted by molar-refractivity contribution is -0.145. The van der Waals surface area contributed by atoms with Gasteiger partial charge in [0.1, 0.15) is 35.7 Å². The van der Waals surface area contributed by atoms with Gasteiger partial charge in [0.2, 0.25) is 23.6 Å². The second kappa shape index (κ2) is 16.9. The van der Waals surface area contributed by atoms with E-state index in [0.717, 1.165) is 0 Å². The highest BCUT2D eigenvalue weighted by molar-refractivity contribution is 5.96. The van der Waals surface area contributed by atoms with Gasteiger partial charge in [0, 0.05) is 19.4 Å². The Balaban J connectivity index is 1.82. The van der Waals surface area contributed by atoms with Gasteiger partial charge in [-0.3, -0.25) is 24.0 Å². The van der Waals surface area contributed by atoms with E-state index in [4.69, 9.17) is 5.73 Å². The predicted molar refractivity (Wildman–Crippen MR) is 164 cm³/mol. The quantitative estimate of drug-likeness (QED) is 0.101. The lowest BCUT2D eigenvalue weighted by Gasteiger charge is -2.30. The Morgan fingerprint density at radius 1 is 0.787 bits per heavy atom. The number of phenols is 2. The summed E-state index contributed by atoms with van der Waals surface area (Å²) in [6.45, 7) is -0.773. The monoisotopic (exact) mass is 657 g/mol. The predicted octanol–water partition coefficient (Wildman–Crippen LogP) is -1.40. The fraction of sp³-hybridized carbons (Fsp3) is 0.419. The van der Waals surface area contributed by atoms with E-state index in [9.17, 15) is 54.3 Å². The molecule has 5 atom stereocenters. The van der Waals surface area contributed by atoms with Gasteiger partial charge in [0.05, 0.1) is 12.6 Å². The van der Waals surface area contributed by atoms with Crippen molar-refractivity contribution < 1.29 is 54.3 Å². The van der Waals surface area contributed by atoms with Crippen LogP contribution in [-0.2, 0) is 41.6 Å². The number of aromatic hydroxyl groups is 2. The van der Waals surface area contributed by atoms with Crippen molar-refractivity contribution in [1.82, 2.24) is 20.9 Å². The zero-order valence-electron chi connectivity index (χ0n) is 25.4. The Labute approximate surface area is 269 Å². The van der Waals surface area contributed by atoms with Crippen LogP contribution < -0.4 is 21.7 Å². The van der Waals surface area contributed by atoms with Gasteiger partial charge in [-0.25, -0.2) is 4.79 Å². The molecule has 16 heteroatoms. The summed E-state index contributed by atoms with van der Waals surface area (Å²) in [4.78, 5) is 77.3. The molecular formula is C31H39N5O11. The van der Waals surface area contributed by atoms with Gasteiger partial charge >= 0.3 is 11.9 Å². The van der Waals surface area contributed by atoms with Crippen LogP contribution in [0.25, 0.3) is 0 Å².